The predicted molar refractivity (Wildman–Crippen MR) is 88.3 cm³/mol. The molecule has 0 aliphatic carbocycles. The molecule has 6 heteroatoms. The van der Waals surface area contributed by atoms with Crippen LogP contribution in [0.25, 0.3) is 0 Å². The molecule has 0 fully saturated rings. The van der Waals surface area contributed by atoms with Crippen LogP contribution in [0.15, 0.2) is 24.3 Å². The van der Waals surface area contributed by atoms with Crippen molar-refractivity contribution in [3.8, 4) is 0 Å². The van der Waals surface area contributed by atoms with Gasteiger partial charge in [-0.05, 0) is 30.7 Å². The Hall–Kier alpha value is -2.08. The molecule has 1 N–H and O–H groups in total. The molecule has 0 saturated carbocycles. The second-order valence-electron chi connectivity index (χ2n) is 5.21. The van der Waals surface area contributed by atoms with E-state index < -0.39 is 0 Å². The first-order valence-corrected chi connectivity index (χ1v) is 7.27. The Kier molecular flexibility index (Phi) is 7.39. The number of amides is 2. The summed E-state index contributed by atoms with van der Waals surface area (Å²) in [6.07, 6.45) is 0.750. The zero-order chi connectivity index (χ0) is 16.5. The van der Waals surface area contributed by atoms with Crippen molar-refractivity contribution in [1.29, 1.82) is 0 Å². The summed E-state index contributed by atoms with van der Waals surface area (Å²) in [5, 5.41) is 2.78. The van der Waals surface area contributed by atoms with Gasteiger partial charge in [0.05, 0.1) is 0 Å². The van der Waals surface area contributed by atoms with Crippen LogP contribution in [0.1, 0.15) is 13.3 Å². The van der Waals surface area contributed by atoms with Crippen LogP contribution >= 0.6 is 0 Å². The molecule has 0 atom stereocenters. The van der Waals surface area contributed by atoms with Crippen molar-refractivity contribution in [2.45, 2.75) is 13.3 Å². The van der Waals surface area contributed by atoms with Gasteiger partial charge in [0, 0.05) is 52.7 Å². The molecule has 22 heavy (non-hydrogen) atoms. The first-order chi connectivity index (χ1) is 10.5. The van der Waals surface area contributed by atoms with E-state index in [1.54, 1.807) is 7.11 Å². The fourth-order valence-electron chi connectivity index (χ4n) is 1.96. The number of carbonyl (C=O) groups is 2. The largest absolute Gasteiger partial charge is 0.385 e. The third-order valence-electron chi connectivity index (χ3n) is 3.21. The number of hydrogen-bond donors (Lipinski definition) is 1. The minimum atomic E-state index is -0.178. The van der Waals surface area contributed by atoms with E-state index in [9.17, 15) is 9.59 Å². The summed E-state index contributed by atoms with van der Waals surface area (Å²) in [6, 6.07) is 7.52. The Morgan fingerprint density at radius 3 is 2.23 bits per heavy atom. The number of anilines is 2. The van der Waals surface area contributed by atoms with Gasteiger partial charge in [-0.25, -0.2) is 0 Å². The number of benzene rings is 1. The smallest absolute Gasteiger partial charge is 0.240 e. The van der Waals surface area contributed by atoms with E-state index >= 15 is 0 Å². The summed E-state index contributed by atoms with van der Waals surface area (Å²) >= 11 is 0. The lowest BCUT2D eigenvalue weighted by atomic mass is 10.2. The third-order valence-corrected chi connectivity index (χ3v) is 3.21. The molecule has 0 aliphatic rings. The van der Waals surface area contributed by atoms with Crippen molar-refractivity contribution < 1.29 is 14.3 Å². The zero-order valence-electron chi connectivity index (χ0n) is 13.8. The maximum atomic E-state index is 11.9. The van der Waals surface area contributed by atoms with Crippen LogP contribution in [0.5, 0.6) is 0 Å². The quantitative estimate of drug-likeness (QED) is 0.735. The van der Waals surface area contributed by atoms with Gasteiger partial charge in [0.2, 0.25) is 11.8 Å². The van der Waals surface area contributed by atoms with Crippen molar-refractivity contribution in [2.24, 2.45) is 0 Å². The number of hydrogen-bond acceptors (Lipinski definition) is 4. The Morgan fingerprint density at radius 1 is 1.14 bits per heavy atom. The third kappa shape index (κ3) is 5.73. The molecule has 0 aromatic heterocycles. The van der Waals surface area contributed by atoms with Gasteiger partial charge in [-0.1, -0.05) is 0 Å². The van der Waals surface area contributed by atoms with Crippen molar-refractivity contribution in [2.75, 3.05) is 50.7 Å². The van der Waals surface area contributed by atoms with Crippen LogP contribution in [0.4, 0.5) is 11.4 Å². The highest BCUT2D eigenvalue weighted by Crippen LogP contribution is 2.19. The van der Waals surface area contributed by atoms with E-state index in [-0.39, 0.29) is 18.4 Å². The summed E-state index contributed by atoms with van der Waals surface area (Å²) in [4.78, 5) is 27.1. The lowest BCUT2D eigenvalue weighted by Gasteiger charge is -2.22. The van der Waals surface area contributed by atoms with Crippen molar-refractivity contribution in [1.82, 2.24) is 5.32 Å². The average Bonchev–Trinajstić information content (AvgIpc) is 2.49. The second-order valence-corrected chi connectivity index (χ2v) is 5.21. The number of methoxy groups -OCH3 is 1. The molecule has 0 saturated heterocycles. The molecule has 2 amide bonds. The molecule has 0 radical (unpaired) electrons. The van der Waals surface area contributed by atoms with E-state index in [1.807, 2.05) is 43.3 Å². The average molecular weight is 307 g/mol. The Labute approximate surface area is 132 Å². The monoisotopic (exact) mass is 307 g/mol. The number of ether oxygens (including phenoxy) is 1. The molecule has 0 bridgehead atoms. The maximum Gasteiger partial charge on any atom is 0.240 e. The summed E-state index contributed by atoms with van der Waals surface area (Å²) in [5.41, 5.74) is 1.75. The highest BCUT2D eigenvalue weighted by atomic mass is 16.5. The van der Waals surface area contributed by atoms with Crippen LogP contribution < -0.4 is 15.1 Å². The van der Waals surface area contributed by atoms with Gasteiger partial charge in [0.25, 0.3) is 0 Å². The number of nitrogens with zero attached hydrogens (tertiary/aromatic N) is 2. The van der Waals surface area contributed by atoms with Gasteiger partial charge in [-0.3, -0.25) is 9.59 Å². The molecular formula is C16H25N3O3. The fourth-order valence-corrected chi connectivity index (χ4v) is 1.96. The van der Waals surface area contributed by atoms with E-state index in [2.05, 4.69) is 5.32 Å². The first kappa shape index (κ1) is 18.0. The normalized spacial score (nSPS) is 10.2. The van der Waals surface area contributed by atoms with Gasteiger partial charge >= 0.3 is 0 Å². The van der Waals surface area contributed by atoms with Crippen LogP contribution in [-0.2, 0) is 14.3 Å². The summed E-state index contributed by atoms with van der Waals surface area (Å²) in [7, 11) is 5.52. The number of nitrogens with one attached hydrogen (secondary N) is 1. The Morgan fingerprint density at radius 2 is 1.73 bits per heavy atom. The van der Waals surface area contributed by atoms with E-state index in [4.69, 9.17) is 4.74 Å². The highest BCUT2D eigenvalue weighted by Gasteiger charge is 2.15. The van der Waals surface area contributed by atoms with E-state index in [1.165, 1.54) is 11.8 Å². The second kappa shape index (κ2) is 9.04. The minimum absolute atomic E-state index is 0.0175. The lowest BCUT2D eigenvalue weighted by molar-refractivity contribution is -0.123. The topological polar surface area (TPSA) is 61.9 Å². The molecule has 0 unspecified atom stereocenters. The SMILES string of the molecule is COCCCNC(=O)CN(C(C)=O)c1ccc(N(C)C)cc1. The van der Waals surface area contributed by atoms with Gasteiger partial charge in [-0.2, -0.15) is 0 Å². The summed E-state index contributed by atoms with van der Waals surface area (Å²) in [6.45, 7) is 2.61. The summed E-state index contributed by atoms with van der Waals surface area (Å²) in [5.74, 6) is -0.340. The first-order valence-electron chi connectivity index (χ1n) is 7.27. The molecule has 6 nitrogen and oxygen atoms in total. The van der Waals surface area contributed by atoms with Crippen molar-refractivity contribution in [3.63, 3.8) is 0 Å². The number of rotatable bonds is 8. The van der Waals surface area contributed by atoms with Crippen LogP contribution in [0.2, 0.25) is 0 Å². The number of carbonyl (C=O) groups excluding carboxylic acids is 2. The van der Waals surface area contributed by atoms with Gasteiger partial charge in [0.1, 0.15) is 6.54 Å². The molecule has 1 aromatic rings. The summed E-state index contributed by atoms with van der Waals surface area (Å²) < 4.78 is 4.92. The maximum absolute atomic E-state index is 11.9. The van der Waals surface area contributed by atoms with Gasteiger partial charge in [-0.15, -0.1) is 0 Å². The molecule has 1 aromatic carbocycles. The zero-order valence-corrected chi connectivity index (χ0v) is 13.8. The molecule has 1 rings (SSSR count). The molecule has 0 spiro atoms. The minimum Gasteiger partial charge on any atom is -0.385 e. The lowest BCUT2D eigenvalue weighted by Crippen LogP contribution is -2.40. The van der Waals surface area contributed by atoms with Crippen molar-refractivity contribution in [3.05, 3.63) is 24.3 Å². The Bertz CT molecular complexity index is 486. The van der Waals surface area contributed by atoms with Gasteiger partial charge in [0.15, 0.2) is 0 Å². The van der Waals surface area contributed by atoms with Gasteiger partial charge < -0.3 is 19.9 Å². The molecule has 0 aliphatic heterocycles. The van der Waals surface area contributed by atoms with Crippen LogP contribution in [-0.4, -0.2) is 52.7 Å². The van der Waals surface area contributed by atoms with Crippen LogP contribution in [0.3, 0.4) is 0 Å². The molecule has 122 valence electrons. The van der Waals surface area contributed by atoms with E-state index in [0.29, 0.717) is 18.8 Å². The Balaban J connectivity index is 2.65. The molecule has 0 heterocycles. The molecular weight excluding hydrogens is 282 g/mol. The van der Waals surface area contributed by atoms with E-state index in [0.717, 1.165) is 12.1 Å². The fraction of sp³-hybridized carbons (Fsp3) is 0.500. The predicted octanol–water partition coefficient (Wildman–Crippen LogP) is 1.26. The van der Waals surface area contributed by atoms with Crippen molar-refractivity contribution >= 4 is 23.2 Å². The standard InChI is InChI=1S/C16H25N3O3/c1-13(20)19(12-16(21)17-10-5-11-22-4)15-8-6-14(7-9-15)18(2)3/h6-9H,5,10-12H2,1-4H3,(H,17,21). The van der Waals surface area contributed by atoms with Crippen LogP contribution in [0, 0.1) is 0 Å². The highest BCUT2D eigenvalue weighted by molar-refractivity contribution is 5.97.